The maximum atomic E-state index is 12.2. The van der Waals surface area contributed by atoms with Gasteiger partial charge in [-0.15, -0.1) is 0 Å². The number of hydrogen-bond donors (Lipinski definition) is 1. The molecule has 0 aliphatic carbocycles. The van der Waals surface area contributed by atoms with E-state index >= 15 is 0 Å². The molecule has 0 amide bonds. The van der Waals surface area contributed by atoms with Gasteiger partial charge in [-0.1, -0.05) is 18.2 Å². The van der Waals surface area contributed by atoms with Crippen LogP contribution in [0, 0.1) is 0 Å². The quantitative estimate of drug-likeness (QED) is 0.782. The number of hydrogen-bond acceptors (Lipinski definition) is 4. The minimum atomic E-state index is -3.61. The third-order valence-corrected chi connectivity index (χ3v) is 4.40. The SMILES string of the molecule is O=S(=O)(Nc1ccn(Cc2ccncc2)n1)c1ccccc1. The molecule has 1 N–H and O–H groups in total. The average Bonchev–Trinajstić information content (AvgIpc) is 2.95. The largest absolute Gasteiger partial charge is 0.266 e. The average molecular weight is 314 g/mol. The van der Waals surface area contributed by atoms with Gasteiger partial charge in [-0.2, -0.15) is 5.10 Å². The normalized spacial score (nSPS) is 11.3. The molecule has 2 aromatic heterocycles. The third kappa shape index (κ3) is 3.32. The van der Waals surface area contributed by atoms with Gasteiger partial charge in [0.25, 0.3) is 10.0 Å². The molecule has 0 atom stereocenters. The van der Waals surface area contributed by atoms with Crippen molar-refractivity contribution in [2.45, 2.75) is 11.4 Å². The molecular weight excluding hydrogens is 300 g/mol. The number of anilines is 1. The van der Waals surface area contributed by atoms with E-state index in [1.54, 1.807) is 47.5 Å². The van der Waals surface area contributed by atoms with Crippen molar-refractivity contribution < 1.29 is 8.42 Å². The maximum absolute atomic E-state index is 12.2. The summed E-state index contributed by atoms with van der Waals surface area (Å²) >= 11 is 0. The van der Waals surface area contributed by atoms with Crippen LogP contribution in [0.5, 0.6) is 0 Å². The van der Waals surface area contributed by atoms with Gasteiger partial charge in [-0.25, -0.2) is 8.42 Å². The van der Waals surface area contributed by atoms with Crippen molar-refractivity contribution in [2.24, 2.45) is 0 Å². The highest BCUT2D eigenvalue weighted by Crippen LogP contribution is 2.14. The first-order chi connectivity index (χ1) is 10.6. The van der Waals surface area contributed by atoms with Gasteiger partial charge in [-0.3, -0.25) is 14.4 Å². The first kappa shape index (κ1) is 14.3. The standard InChI is InChI=1S/C15H14N4O2S/c20-22(21,14-4-2-1-3-5-14)18-15-8-11-19(17-15)12-13-6-9-16-10-7-13/h1-11H,12H2,(H,17,18). The molecule has 7 heteroatoms. The first-order valence-corrected chi connectivity index (χ1v) is 8.12. The molecule has 0 aliphatic heterocycles. The molecule has 0 spiro atoms. The Morgan fingerprint density at radius 2 is 1.73 bits per heavy atom. The smallest absolute Gasteiger partial charge is 0.263 e. The van der Waals surface area contributed by atoms with Gasteiger partial charge in [0.05, 0.1) is 11.4 Å². The van der Waals surface area contributed by atoms with Crippen LogP contribution in [0.15, 0.2) is 72.0 Å². The Morgan fingerprint density at radius 1 is 1.00 bits per heavy atom. The fourth-order valence-electron chi connectivity index (χ4n) is 1.98. The third-order valence-electron chi connectivity index (χ3n) is 3.03. The van der Waals surface area contributed by atoms with Crippen molar-refractivity contribution in [3.05, 3.63) is 72.7 Å². The zero-order chi connectivity index (χ0) is 15.4. The molecular formula is C15H14N4O2S. The fraction of sp³-hybridized carbons (Fsp3) is 0.0667. The Morgan fingerprint density at radius 3 is 2.45 bits per heavy atom. The van der Waals surface area contributed by atoms with Crippen LogP contribution >= 0.6 is 0 Å². The Balaban J connectivity index is 1.75. The van der Waals surface area contributed by atoms with Gasteiger partial charge in [0, 0.05) is 24.7 Å². The predicted molar refractivity (Wildman–Crippen MR) is 82.8 cm³/mol. The molecule has 3 rings (SSSR count). The van der Waals surface area contributed by atoms with Gasteiger partial charge < -0.3 is 0 Å². The van der Waals surface area contributed by atoms with Gasteiger partial charge >= 0.3 is 0 Å². The van der Waals surface area contributed by atoms with E-state index in [-0.39, 0.29) is 10.7 Å². The van der Waals surface area contributed by atoms with Crippen LogP contribution in [0.1, 0.15) is 5.56 Å². The number of sulfonamides is 1. The zero-order valence-corrected chi connectivity index (χ0v) is 12.4. The number of pyridine rings is 1. The van der Waals surface area contributed by atoms with Crippen molar-refractivity contribution in [1.29, 1.82) is 0 Å². The molecule has 0 unspecified atom stereocenters. The van der Waals surface area contributed by atoms with Crippen LogP contribution in [0.25, 0.3) is 0 Å². The van der Waals surface area contributed by atoms with Gasteiger partial charge in [0.2, 0.25) is 0 Å². The van der Waals surface area contributed by atoms with E-state index in [4.69, 9.17) is 0 Å². The first-order valence-electron chi connectivity index (χ1n) is 6.64. The van der Waals surface area contributed by atoms with Crippen LogP contribution in [0.4, 0.5) is 5.82 Å². The second-order valence-electron chi connectivity index (χ2n) is 4.67. The predicted octanol–water partition coefficient (Wildman–Crippen LogP) is 2.13. The Bertz CT molecular complexity index is 846. The van der Waals surface area contributed by atoms with Crippen molar-refractivity contribution in [2.75, 3.05) is 4.72 Å². The molecule has 6 nitrogen and oxygen atoms in total. The number of aromatic nitrogens is 3. The fourth-order valence-corrected chi connectivity index (χ4v) is 2.99. The highest BCUT2D eigenvalue weighted by molar-refractivity contribution is 7.92. The van der Waals surface area contributed by atoms with Crippen LogP contribution in [-0.2, 0) is 16.6 Å². The van der Waals surface area contributed by atoms with E-state index in [0.29, 0.717) is 6.54 Å². The molecule has 0 fully saturated rings. The van der Waals surface area contributed by atoms with Crippen molar-refractivity contribution in [3.63, 3.8) is 0 Å². The summed E-state index contributed by atoms with van der Waals surface area (Å²) in [4.78, 5) is 4.16. The van der Waals surface area contributed by atoms with Crippen molar-refractivity contribution in [1.82, 2.24) is 14.8 Å². The van der Waals surface area contributed by atoms with Crippen molar-refractivity contribution >= 4 is 15.8 Å². The summed E-state index contributed by atoms with van der Waals surface area (Å²) in [6.45, 7) is 0.551. The van der Waals surface area contributed by atoms with Crippen molar-refractivity contribution in [3.8, 4) is 0 Å². The maximum Gasteiger partial charge on any atom is 0.263 e. The van der Waals surface area contributed by atoms with Crippen LogP contribution in [-0.4, -0.2) is 23.2 Å². The number of rotatable bonds is 5. The van der Waals surface area contributed by atoms with E-state index in [1.165, 1.54) is 12.1 Å². The Labute approximate surface area is 128 Å². The van der Waals surface area contributed by atoms with Gasteiger partial charge in [0.15, 0.2) is 5.82 Å². The Hall–Kier alpha value is -2.67. The highest BCUT2D eigenvalue weighted by atomic mass is 32.2. The van der Waals surface area contributed by atoms with E-state index in [1.807, 2.05) is 12.1 Å². The minimum absolute atomic E-state index is 0.207. The Kier molecular flexibility index (Phi) is 3.88. The summed E-state index contributed by atoms with van der Waals surface area (Å²) in [5.41, 5.74) is 1.04. The minimum Gasteiger partial charge on any atom is -0.266 e. The summed E-state index contributed by atoms with van der Waals surface area (Å²) < 4.78 is 28.5. The summed E-state index contributed by atoms with van der Waals surface area (Å²) in [5.74, 6) is 0.290. The number of benzene rings is 1. The molecule has 1 aromatic carbocycles. The summed E-state index contributed by atoms with van der Waals surface area (Å²) in [5, 5.41) is 4.22. The van der Waals surface area contributed by atoms with E-state index in [9.17, 15) is 8.42 Å². The van der Waals surface area contributed by atoms with E-state index in [2.05, 4.69) is 14.8 Å². The molecule has 0 aliphatic rings. The van der Waals surface area contributed by atoms with Gasteiger partial charge in [-0.05, 0) is 29.8 Å². The van der Waals surface area contributed by atoms with Crippen LogP contribution in [0.3, 0.4) is 0 Å². The second kappa shape index (κ2) is 5.98. The summed E-state index contributed by atoms with van der Waals surface area (Å²) in [6, 6.07) is 13.6. The second-order valence-corrected chi connectivity index (χ2v) is 6.35. The lowest BCUT2D eigenvalue weighted by molar-refractivity contribution is 0.600. The molecule has 3 aromatic rings. The molecule has 0 saturated heterocycles. The molecule has 22 heavy (non-hydrogen) atoms. The van der Waals surface area contributed by atoms with Gasteiger partial charge in [0.1, 0.15) is 0 Å². The van der Waals surface area contributed by atoms with Crippen LogP contribution in [0.2, 0.25) is 0 Å². The lowest BCUT2D eigenvalue weighted by Crippen LogP contribution is -2.13. The van der Waals surface area contributed by atoms with Crippen LogP contribution < -0.4 is 4.72 Å². The lowest BCUT2D eigenvalue weighted by atomic mass is 10.3. The zero-order valence-electron chi connectivity index (χ0n) is 11.6. The summed E-state index contributed by atoms with van der Waals surface area (Å²) in [6.07, 6.45) is 5.14. The number of nitrogens with zero attached hydrogens (tertiary/aromatic N) is 3. The number of nitrogens with one attached hydrogen (secondary N) is 1. The molecule has 112 valence electrons. The highest BCUT2D eigenvalue weighted by Gasteiger charge is 2.14. The topological polar surface area (TPSA) is 76.9 Å². The monoisotopic (exact) mass is 314 g/mol. The molecule has 0 saturated carbocycles. The molecule has 2 heterocycles. The van der Waals surface area contributed by atoms with E-state index < -0.39 is 10.0 Å². The molecule has 0 radical (unpaired) electrons. The van der Waals surface area contributed by atoms with E-state index in [0.717, 1.165) is 5.56 Å². The summed E-state index contributed by atoms with van der Waals surface area (Å²) in [7, 11) is -3.61. The molecule has 0 bridgehead atoms. The lowest BCUT2D eigenvalue weighted by Gasteiger charge is -2.05.